The van der Waals surface area contributed by atoms with E-state index in [9.17, 15) is 4.79 Å². The second-order valence-electron chi connectivity index (χ2n) is 2.30. The van der Waals surface area contributed by atoms with Crippen LogP contribution in [0.4, 0.5) is 0 Å². The van der Waals surface area contributed by atoms with Crippen molar-refractivity contribution in [2.45, 2.75) is 0 Å². The van der Waals surface area contributed by atoms with Crippen molar-refractivity contribution in [1.82, 2.24) is 25.3 Å². The molecule has 13 heavy (non-hydrogen) atoms. The van der Waals surface area contributed by atoms with Gasteiger partial charge in [0.15, 0.2) is 10.5 Å². The summed E-state index contributed by atoms with van der Waals surface area (Å²) in [7, 11) is 0. The summed E-state index contributed by atoms with van der Waals surface area (Å²) >= 11 is 0.976. The third kappa shape index (κ3) is 0.855. The van der Waals surface area contributed by atoms with Crippen LogP contribution in [0.1, 0.15) is 0 Å². The van der Waals surface area contributed by atoms with E-state index >= 15 is 0 Å². The summed E-state index contributed by atoms with van der Waals surface area (Å²) in [6.45, 7) is 0. The maximum atomic E-state index is 10.9. The van der Waals surface area contributed by atoms with Crippen LogP contribution in [-0.2, 0) is 0 Å². The highest BCUT2D eigenvalue weighted by Crippen LogP contribution is 2.12. The molecule has 0 atom stereocenters. The Balaban J connectivity index is 2.62. The lowest BCUT2D eigenvalue weighted by Gasteiger charge is -1.82. The van der Waals surface area contributed by atoms with Crippen molar-refractivity contribution in [3.63, 3.8) is 0 Å². The Kier molecular flexibility index (Phi) is 1.08. The minimum atomic E-state index is -0.195. The second kappa shape index (κ2) is 2.10. The second-order valence-corrected chi connectivity index (χ2v) is 3.26. The van der Waals surface area contributed by atoms with Gasteiger partial charge in [0.25, 0.3) is 0 Å². The Morgan fingerprint density at radius 1 is 1.23 bits per heavy atom. The maximum Gasteiger partial charge on any atom is 0.308 e. The number of rotatable bonds is 0. The number of aromatic amines is 1. The summed E-state index contributed by atoms with van der Waals surface area (Å²) in [5, 5.41) is 7.01. The molecule has 0 amide bonds. The van der Waals surface area contributed by atoms with Crippen molar-refractivity contribution >= 4 is 33.1 Å². The molecule has 64 valence electrons. The lowest BCUT2D eigenvalue weighted by atomic mass is 10.6. The third-order valence-corrected chi connectivity index (χ3v) is 2.26. The fourth-order valence-corrected chi connectivity index (χ4v) is 1.63. The molecule has 0 saturated carbocycles. The van der Waals surface area contributed by atoms with Crippen molar-refractivity contribution in [3.8, 4) is 0 Å². The van der Waals surface area contributed by atoms with Gasteiger partial charge in [-0.3, -0.25) is 9.78 Å². The van der Waals surface area contributed by atoms with Gasteiger partial charge in [-0.15, -0.1) is 0 Å². The number of aromatic nitrogens is 5. The molecule has 0 fully saturated rings. The number of fused-ring (bicyclic) bond motifs is 2. The topological polar surface area (TPSA) is 97.6 Å². The highest BCUT2D eigenvalue weighted by Gasteiger charge is 2.08. The summed E-state index contributed by atoms with van der Waals surface area (Å²) < 4.78 is 4.42. The summed E-state index contributed by atoms with van der Waals surface area (Å²) in [5.74, 6) is 0. The zero-order valence-electron chi connectivity index (χ0n) is 6.01. The number of hydrogen-bond acceptors (Lipinski definition) is 7. The third-order valence-electron chi connectivity index (χ3n) is 1.49. The van der Waals surface area contributed by atoms with Crippen molar-refractivity contribution < 1.29 is 4.63 Å². The Labute approximate surface area is 73.4 Å². The highest BCUT2D eigenvalue weighted by molar-refractivity contribution is 7.15. The summed E-state index contributed by atoms with van der Waals surface area (Å²) in [5.41, 5.74) is 1.02. The lowest BCUT2D eigenvalue weighted by Crippen LogP contribution is -1.91. The molecule has 3 aromatic heterocycles. The number of nitrogens with one attached hydrogen (secondary N) is 1. The maximum absolute atomic E-state index is 10.9. The van der Waals surface area contributed by atoms with Gasteiger partial charge in [0.1, 0.15) is 0 Å². The Morgan fingerprint density at radius 2 is 2.00 bits per heavy atom. The molecule has 0 aliphatic rings. The normalized spacial score (nSPS) is 11.4. The average molecular weight is 195 g/mol. The van der Waals surface area contributed by atoms with E-state index in [1.807, 2.05) is 0 Å². The molecule has 0 aliphatic heterocycles. The van der Waals surface area contributed by atoms with Gasteiger partial charge in [-0.05, 0) is 10.3 Å². The van der Waals surface area contributed by atoms with E-state index in [-0.39, 0.29) is 4.87 Å². The van der Waals surface area contributed by atoms with Crippen molar-refractivity contribution in [1.29, 1.82) is 0 Å². The molecule has 3 heterocycles. The molecular weight excluding hydrogens is 194 g/mol. The quantitative estimate of drug-likeness (QED) is 0.538. The van der Waals surface area contributed by atoms with Gasteiger partial charge in [-0.2, -0.15) is 0 Å². The largest absolute Gasteiger partial charge is 0.308 e. The van der Waals surface area contributed by atoms with Gasteiger partial charge >= 0.3 is 4.87 Å². The molecule has 0 bridgehead atoms. The molecular formula is C5HN5O2S. The van der Waals surface area contributed by atoms with Gasteiger partial charge in [0.2, 0.25) is 11.3 Å². The molecule has 0 spiro atoms. The Bertz CT molecular complexity index is 586. The first-order valence-electron chi connectivity index (χ1n) is 3.32. The van der Waals surface area contributed by atoms with Crippen LogP contribution in [0, 0.1) is 0 Å². The Hall–Kier alpha value is -1.83. The van der Waals surface area contributed by atoms with Gasteiger partial charge in [-0.1, -0.05) is 11.3 Å². The first kappa shape index (κ1) is 6.66. The van der Waals surface area contributed by atoms with Gasteiger partial charge in [0.05, 0.1) is 0 Å². The summed E-state index contributed by atoms with van der Waals surface area (Å²) in [6, 6.07) is 0. The molecule has 0 aromatic carbocycles. The minimum Gasteiger partial charge on any atom is -0.295 e. The standard InChI is InChI=1S/C5HN5O2S/c11-5-8-3-4(13-5)7-2-1(6-3)9-12-10-2/h(H,6,8,9,11). The Morgan fingerprint density at radius 3 is 2.85 bits per heavy atom. The number of hydrogen-bond donors (Lipinski definition) is 1. The number of thiazole rings is 1. The summed E-state index contributed by atoms with van der Waals surface area (Å²) in [4.78, 5) is 21.7. The smallest absolute Gasteiger partial charge is 0.295 e. The minimum absolute atomic E-state index is 0.195. The van der Waals surface area contributed by atoms with E-state index in [1.54, 1.807) is 0 Å². The van der Waals surface area contributed by atoms with Crippen LogP contribution in [0.3, 0.4) is 0 Å². The van der Waals surface area contributed by atoms with E-state index in [2.05, 4.69) is 29.9 Å². The first-order valence-corrected chi connectivity index (χ1v) is 4.14. The van der Waals surface area contributed by atoms with Crippen LogP contribution in [0.2, 0.25) is 0 Å². The predicted molar refractivity (Wildman–Crippen MR) is 43.4 cm³/mol. The van der Waals surface area contributed by atoms with Crippen LogP contribution in [-0.4, -0.2) is 25.3 Å². The van der Waals surface area contributed by atoms with E-state index < -0.39 is 0 Å². The van der Waals surface area contributed by atoms with Crippen molar-refractivity contribution in [2.24, 2.45) is 0 Å². The predicted octanol–water partition coefficient (Wildman–Crippen LogP) is -0.0842. The van der Waals surface area contributed by atoms with Crippen LogP contribution in [0.25, 0.3) is 21.8 Å². The van der Waals surface area contributed by atoms with Gasteiger partial charge in [-0.25, -0.2) is 14.6 Å². The zero-order valence-corrected chi connectivity index (χ0v) is 6.83. The van der Waals surface area contributed by atoms with Crippen LogP contribution in [0.5, 0.6) is 0 Å². The van der Waals surface area contributed by atoms with Gasteiger partial charge < -0.3 is 0 Å². The van der Waals surface area contributed by atoms with Crippen LogP contribution in [0.15, 0.2) is 9.42 Å². The SMILES string of the molecule is O=c1[nH]c2nc3nonc3nc2s1. The average Bonchev–Trinajstić information content (AvgIpc) is 2.63. The van der Waals surface area contributed by atoms with Crippen molar-refractivity contribution in [2.75, 3.05) is 0 Å². The van der Waals surface area contributed by atoms with E-state index in [0.717, 1.165) is 11.3 Å². The molecule has 0 radical (unpaired) electrons. The first-order chi connectivity index (χ1) is 6.33. The summed E-state index contributed by atoms with van der Waals surface area (Å²) in [6.07, 6.45) is 0. The fourth-order valence-electron chi connectivity index (χ4n) is 0.986. The zero-order chi connectivity index (χ0) is 8.84. The number of nitrogens with zero attached hydrogens (tertiary/aromatic N) is 4. The fraction of sp³-hybridized carbons (Fsp3) is 0. The van der Waals surface area contributed by atoms with Crippen molar-refractivity contribution in [3.05, 3.63) is 9.67 Å². The van der Waals surface area contributed by atoms with Crippen LogP contribution >= 0.6 is 11.3 Å². The highest BCUT2D eigenvalue weighted by atomic mass is 32.1. The molecule has 1 N–H and O–H groups in total. The van der Waals surface area contributed by atoms with Gasteiger partial charge in [0, 0.05) is 0 Å². The molecule has 3 aromatic rings. The molecule has 7 nitrogen and oxygen atoms in total. The van der Waals surface area contributed by atoms with Crippen LogP contribution < -0.4 is 4.87 Å². The molecule has 0 aliphatic carbocycles. The van der Waals surface area contributed by atoms with E-state index in [0.29, 0.717) is 21.8 Å². The van der Waals surface area contributed by atoms with E-state index in [1.165, 1.54) is 0 Å². The molecule has 8 heteroatoms. The molecule has 0 unspecified atom stereocenters. The molecule has 3 rings (SSSR count). The number of H-pyrrole nitrogens is 1. The molecule has 0 saturated heterocycles. The lowest BCUT2D eigenvalue weighted by molar-refractivity contribution is 0.314. The monoisotopic (exact) mass is 195 g/mol. The van der Waals surface area contributed by atoms with E-state index in [4.69, 9.17) is 0 Å².